The Morgan fingerprint density at radius 1 is 0.333 bits per heavy atom. The molecule has 0 radical (unpaired) electrons. The molecular formula is C60H64N4O2. The van der Waals surface area contributed by atoms with Crippen molar-refractivity contribution in [1.82, 2.24) is 9.13 Å². The molecule has 0 fully saturated rings. The number of nitrogens with zero attached hydrogens (tertiary/aromatic N) is 4. The standard InChI is InChI=1S/C60H64N4O2/c1-3-5-7-9-11-25-43-61-57-45-56(48-37-41-54(42-38-48)64(51-31-21-15-22-32-51)52-33-23-16-24-34-52)60(66)62(44-26-12-10-8-6-4-2)58(57)46-55(59(61)65)47-35-39-53(40-36-47)63(49-27-17-13-18-28-49)50-29-19-14-20-30-50/h13-24,27-42,45-46H,3-12,25-26,43-44H2,1-2H3. The summed E-state index contributed by atoms with van der Waals surface area (Å²) in [6.45, 7) is 5.64. The Labute approximate surface area is 391 Å². The Bertz CT molecular complexity index is 2580. The van der Waals surface area contributed by atoms with Gasteiger partial charge in [-0.25, -0.2) is 0 Å². The number of fused-ring (bicyclic) bond motifs is 1. The Hall–Kier alpha value is -6.92. The summed E-state index contributed by atoms with van der Waals surface area (Å²) < 4.78 is 3.94. The largest absolute Gasteiger partial charge is 0.311 e. The van der Waals surface area contributed by atoms with E-state index in [2.05, 4.69) is 169 Å². The molecule has 0 aliphatic carbocycles. The van der Waals surface area contributed by atoms with Crippen LogP contribution in [0, 0.1) is 0 Å². The molecule has 6 aromatic carbocycles. The maximum atomic E-state index is 15.1. The molecule has 8 rings (SSSR count). The Morgan fingerprint density at radius 2 is 0.606 bits per heavy atom. The van der Waals surface area contributed by atoms with Crippen LogP contribution < -0.4 is 20.9 Å². The summed E-state index contributed by atoms with van der Waals surface area (Å²) in [5, 5.41) is 0. The molecule has 66 heavy (non-hydrogen) atoms. The summed E-state index contributed by atoms with van der Waals surface area (Å²) in [5.74, 6) is 0. The van der Waals surface area contributed by atoms with Gasteiger partial charge >= 0.3 is 0 Å². The first-order valence-electron chi connectivity index (χ1n) is 24.4. The van der Waals surface area contributed by atoms with Crippen molar-refractivity contribution in [3.63, 3.8) is 0 Å². The number of anilines is 6. The summed E-state index contributed by atoms with van der Waals surface area (Å²) in [6.07, 6.45) is 13.4. The van der Waals surface area contributed by atoms with Gasteiger partial charge in [0, 0.05) is 58.3 Å². The number of hydrogen-bond donors (Lipinski definition) is 0. The predicted octanol–water partition coefficient (Wildman–Crippen LogP) is 16.2. The van der Waals surface area contributed by atoms with E-state index in [9.17, 15) is 0 Å². The summed E-state index contributed by atoms with van der Waals surface area (Å²) in [6, 6.07) is 62.1. The monoisotopic (exact) mass is 873 g/mol. The van der Waals surface area contributed by atoms with Crippen molar-refractivity contribution < 1.29 is 0 Å². The van der Waals surface area contributed by atoms with Crippen LogP contribution in [0.4, 0.5) is 34.1 Å². The molecule has 2 aromatic heterocycles. The number of aromatic nitrogens is 2. The smallest absolute Gasteiger partial charge is 0.259 e. The molecule has 0 spiro atoms. The van der Waals surface area contributed by atoms with E-state index in [1.54, 1.807) is 0 Å². The van der Waals surface area contributed by atoms with Crippen molar-refractivity contribution in [2.24, 2.45) is 0 Å². The number of aryl methyl sites for hydroxylation is 2. The van der Waals surface area contributed by atoms with E-state index < -0.39 is 0 Å². The molecule has 0 aliphatic rings. The van der Waals surface area contributed by atoms with Gasteiger partial charge < -0.3 is 18.9 Å². The molecule has 8 aromatic rings. The third kappa shape index (κ3) is 10.8. The summed E-state index contributed by atoms with van der Waals surface area (Å²) in [4.78, 5) is 34.6. The molecule has 2 heterocycles. The van der Waals surface area contributed by atoms with Crippen LogP contribution in [0.3, 0.4) is 0 Å². The summed E-state index contributed by atoms with van der Waals surface area (Å²) in [5.41, 5.74) is 10.7. The fourth-order valence-electron chi connectivity index (χ4n) is 9.23. The number of rotatable bonds is 22. The van der Waals surface area contributed by atoms with Crippen LogP contribution in [0.25, 0.3) is 33.3 Å². The van der Waals surface area contributed by atoms with Crippen LogP contribution in [0.2, 0.25) is 0 Å². The zero-order chi connectivity index (χ0) is 45.5. The van der Waals surface area contributed by atoms with Crippen molar-refractivity contribution in [3.8, 4) is 22.3 Å². The number of benzene rings is 6. The SMILES string of the molecule is CCCCCCCCn1c(=O)c(-c2ccc(N(c3ccccc3)c3ccccc3)cc2)cc2c1cc(-c1ccc(N(c3ccccc3)c3ccccc3)cc1)c(=O)n2CCCCCCCC. The highest BCUT2D eigenvalue weighted by Crippen LogP contribution is 2.37. The fourth-order valence-corrected chi connectivity index (χ4v) is 9.23. The summed E-state index contributed by atoms with van der Waals surface area (Å²) in [7, 11) is 0. The first-order chi connectivity index (χ1) is 32.6. The van der Waals surface area contributed by atoms with E-state index in [-0.39, 0.29) is 11.1 Å². The second-order valence-electron chi connectivity index (χ2n) is 17.4. The van der Waals surface area contributed by atoms with Gasteiger partial charge in [0.25, 0.3) is 11.1 Å². The van der Waals surface area contributed by atoms with Gasteiger partial charge in [0.05, 0.1) is 11.0 Å². The van der Waals surface area contributed by atoms with Gasteiger partial charge in [0.15, 0.2) is 0 Å². The average molecular weight is 873 g/mol. The van der Waals surface area contributed by atoms with Gasteiger partial charge in [-0.05, 0) is 109 Å². The van der Waals surface area contributed by atoms with Gasteiger partial charge in [-0.3, -0.25) is 9.59 Å². The number of para-hydroxylation sites is 4. The van der Waals surface area contributed by atoms with Crippen molar-refractivity contribution in [3.05, 3.63) is 203 Å². The highest BCUT2D eigenvalue weighted by atomic mass is 16.1. The second-order valence-corrected chi connectivity index (χ2v) is 17.4. The second kappa shape index (κ2) is 22.8. The van der Waals surface area contributed by atoms with Crippen LogP contribution in [-0.2, 0) is 13.1 Å². The van der Waals surface area contributed by atoms with Crippen LogP contribution in [0.15, 0.2) is 192 Å². The zero-order valence-corrected chi connectivity index (χ0v) is 38.8. The van der Waals surface area contributed by atoms with E-state index in [1.165, 1.54) is 38.5 Å². The first kappa shape index (κ1) is 45.6. The zero-order valence-electron chi connectivity index (χ0n) is 38.8. The number of unbranched alkanes of at least 4 members (excludes halogenated alkanes) is 10. The van der Waals surface area contributed by atoms with Crippen LogP contribution in [0.1, 0.15) is 90.9 Å². The fraction of sp³-hybridized carbons (Fsp3) is 0.267. The molecule has 0 aliphatic heterocycles. The highest BCUT2D eigenvalue weighted by Gasteiger charge is 2.20. The third-order valence-corrected chi connectivity index (χ3v) is 12.8. The molecule has 6 nitrogen and oxygen atoms in total. The predicted molar refractivity (Wildman–Crippen MR) is 279 cm³/mol. The van der Waals surface area contributed by atoms with Crippen LogP contribution in [0.5, 0.6) is 0 Å². The normalized spacial score (nSPS) is 11.2. The molecule has 0 saturated heterocycles. The van der Waals surface area contributed by atoms with E-state index in [0.717, 1.165) is 94.8 Å². The number of pyridine rings is 2. The van der Waals surface area contributed by atoms with E-state index in [0.29, 0.717) is 24.2 Å². The molecule has 0 bridgehead atoms. The lowest BCUT2D eigenvalue weighted by atomic mass is 10.0. The molecule has 0 atom stereocenters. The Morgan fingerprint density at radius 3 is 0.909 bits per heavy atom. The highest BCUT2D eigenvalue weighted by molar-refractivity contribution is 5.87. The lowest BCUT2D eigenvalue weighted by molar-refractivity contribution is 0.551. The van der Waals surface area contributed by atoms with Gasteiger partial charge in [0.2, 0.25) is 0 Å². The number of hydrogen-bond acceptors (Lipinski definition) is 4. The molecule has 0 unspecified atom stereocenters. The van der Waals surface area contributed by atoms with E-state index in [4.69, 9.17) is 0 Å². The van der Waals surface area contributed by atoms with E-state index >= 15 is 9.59 Å². The van der Waals surface area contributed by atoms with Gasteiger partial charge in [-0.15, -0.1) is 0 Å². The molecule has 336 valence electrons. The third-order valence-electron chi connectivity index (χ3n) is 12.8. The molecule has 0 saturated carbocycles. The van der Waals surface area contributed by atoms with Gasteiger partial charge in [-0.1, -0.05) is 175 Å². The topological polar surface area (TPSA) is 50.5 Å². The molecule has 0 amide bonds. The average Bonchev–Trinajstić information content (AvgIpc) is 3.36. The molecule has 0 N–H and O–H groups in total. The Kier molecular flexibility index (Phi) is 15.8. The summed E-state index contributed by atoms with van der Waals surface area (Å²) >= 11 is 0. The minimum absolute atomic E-state index is 0.0285. The minimum atomic E-state index is -0.0285. The van der Waals surface area contributed by atoms with E-state index in [1.807, 2.05) is 45.5 Å². The quantitative estimate of drug-likeness (QED) is 0.0637. The first-order valence-corrected chi connectivity index (χ1v) is 24.4. The van der Waals surface area contributed by atoms with Gasteiger partial charge in [0.1, 0.15) is 0 Å². The maximum absolute atomic E-state index is 15.1. The van der Waals surface area contributed by atoms with Crippen LogP contribution >= 0.6 is 0 Å². The van der Waals surface area contributed by atoms with Crippen molar-refractivity contribution in [2.75, 3.05) is 9.80 Å². The van der Waals surface area contributed by atoms with Crippen molar-refractivity contribution in [2.45, 2.75) is 104 Å². The lowest BCUT2D eigenvalue weighted by Gasteiger charge is -2.25. The maximum Gasteiger partial charge on any atom is 0.259 e. The van der Waals surface area contributed by atoms with Gasteiger partial charge in [-0.2, -0.15) is 0 Å². The molecular weight excluding hydrogens is 809 g/mol. The van der Waals surface area contributed by atoms with Crippen molar-refractivity contribution in [1.29, 1.82) is 0 Å². The molecule has 6 heteroatoms. The van der Waals surface area contributed by atoms with Crippen LogP contribution in [-0.4, -0.2) is 9.13 Å². The Balaban J connectivity index is 1.23. The minimum Gasteiger partial charge on any atom is -0.311 e. The lowest BCUT2D eigenvalue weighted by Crippen LogP contribution is -2.28. The van der Waals surface area contributed by atoms with Crippen molar-refractivity contribution >= 4 is 45.2 Å².